The van der Waals surface area contributed by atoms with Gasteiger partial charge < -0.3 is 15.4 Å². The quantitative estimate of drug-likeness (QED) is 0.593. The van der Waals surface area contributed by atoms with Crippen molar-refractivity contribution in [1.29, 1.82) is 0 Å². The molecular weight excluding hydrogens is 388 g/mol. The Morgan fingerprint density at radius 1 is 1.07 bits per heavy atom. The molecule has 150 valence electrons. The van der Waals surface area contributed by atoms with E-state index >= 15 is 0 Å². The van der Waals surface area contributed by atoms with E-state index in [1.165, 1.54) is 0 Å². The third-order valence-corrected chi connectivity index (χ3v) is 5.00. The second-order valence-electron chi connectivity index (χ2n) is 6.51. The minimum atomic E-state index is -0.327. The van der Waals surface area contributed by atoms with E-state index in [1.807, 2.05) is 68.4 Å². The van der Waals surface area contributed by atoms with Crippen LogP contribution >= 0.6 is 11.3 Å². The molecule has 8 heteroatoms. The molecule has 29 heavy (non-hydrogen) atoms. The van der Waals surface area contributed by atoms with Crippen molar-refractivity contribution < 1.29 is 14.3 Å². The zero-order valence-electron chi connectivity index (χ0n) is 16.2. The normalized spacial score (nSPS) is 11.7. The molecule has 3 aromatic rings. The van der Waals surface area contributed by atoms with Crippen molar-refractivity contribution in [3.63, 3.8) is 0 Å². The van der Waals surface area contributed by atoms with Gasteiger partial charge in [-0.05, 0) is 31.5 Å². The van der Waals surface area contributed by atoms with Gasteiger partial charge >= 0.3 is 0 Å². The van der Waals surface area contributed by atoms with Gasteiger partial charge in [0.05, 0.1) is 6.04 Å². The van der Waals surface area contributed by atoms with Gasteiger partial charge in [0.1, 0.15) is 18.2 Å². The van der Waals surface area contributed by atoms with E-state index in [-0.39, 0.29) is 36.1 Å². The largest absolute Gasteiger partial charge is 0.364 e. The number of aryl methyl sites for hydroxylation is 1. The highest BCUT2D eigenvalue weighted by atomic mass is 32.1. The van der Waals surface area contributed by atoms with Crippen molar-refractivity contribution in [2.24, 2.45) is 0 Å². The topological polar surface area (TPSA) is 93.2 Å². The van der Waals surface area contributed by atoms with Crippen LogP contribution in [0.2, 0.25) is 0 Å². The summed E-state index contributed by atoms with van der Waals surface area (Å²) >= 11 is 1.13. The SMILES string of the molecule is Cc1ccc(NC(=O)c2nnc(COCC(=O)N[C@H](C)c3ccccc3)s2)cc1. The van der Waals surface area contributed by atoms with Crippen LogP contribution in [0.1, 0.15) is 38.9 Å². The van der Waals surface area contributed by atoms with Gasteiger partial charge in [0.2, 0.25) is 10.9 Å². The van der Waals surface area contributed by atoms with Crippen molar-refractivity contribution in [2.45, 2.75) is 26.5 Å². The van der Waals surface area contributed by atoms with E-state index in [2.05, 4.69) is 20.8 Å². The maximum Gasteiger partial charge on any atom is 0.286 e. The first-order valence-corrected chi connectivity index (χ1v) is 9.95. The number of hydrogen-bond donors (Lipinski definition) is 2. The number of carbonyl (C=O) groups excluding carboxylic acids is 2. The van der Waals surface area contributed by atoms with Gasteiger partial charge in [0.25, 0.3) is 5.91 Å². The molecule has 2 amide bonds. The second kappa shape index (κ2) is 9.90. The van der Waals surface area contributed by atoms with Crippen LogP contribution in [0.15, 0.2) is 54.6 Å². The molecule has 0 spiro atoms. The minimum absolute atomic E-state index is 0.0956. The summed E-state index contributed by atoms with van der Waals surface area (Å²) in [4.78, 5) is 24.3. The molecule has 1 atom stereocenters. The zero-order chi connectivity index (χ0) is 20.6. The Bertz CT molecular complexity index is 958. The van der Waals surface area contributed by atoms with Crippen LogP contribution in [0.5, 0.6) is 0 Å². The lowest BCUT2D eigenvalue weighted by Crippen LogP contribution is -2.30. The highest BCUT2D eigenvalue weighted by Gasteiger charge is 2.14. The summed E-state index contributed by atoms with van der Waals surface area (Å²) < 4.78 is 5.41. The van der Waals surface area contributed by atoms with E-state index < -0.39 is 0 Å². The van der Waals surface area contributed by atoms with Gasteiger partial charge in [-0.25, -0.2) is 0 Å². The molecule has 0 saturated heterocycles. The van der Waals surface area contributed by atoms with Crippen LogP contribution in [0.4, 0.5) is 5.69 Å². The fraction of sp³-hybridized carbons (Fsp3) is 0.238. The Kier molecular flexibility index (Phi) is 7.04. The first-order valence-electron chi connectivity index (χ1n) is 9.13. The molecule has 3 rings (SSSR count). The summed E-state index contributed by atoms with van der Waals surface area (Å²) in [6.07, 6.45) is 0. The van der Waals surface area contributed by atoms with Crippen molar-refractivity contribution in [1.82, 2.24) is 15.5 Å². The van der Waals surface area contributed by atoms with Crippen molar-refractivity contribution in [2.75, 3.05) is 11.9 Å². The van der Waals surface area contributed by atoms with E-state index in [9.17, 15) is 9.59 Å². The van der Waals surface area contributed by atoms with E-state index in [4.69, 9.17) is 4.74 Å². The standard InChI is InChI=1S/C21H22N4O3S/c1-14-8-10-17(11-9-14)23-20(27)21-25-24-19(29-21)13-28-12-18(26)22-15(2)16-6-4-3-5-7-16/h3-11,15H,12-13H2,1-2H3,(H,22,26)(H,23,27)/t15-/m1/s1. The zero-order valence-corrected chi connectivity index (χ0v) is 17.0. The Morgan fingerprint density at radius 3 is 2.52 bits per heavy atom. The number of amides is 2. The molecule has 0 radical (unpaired) electrons. The Labute approximate surface area is 173 Å². The molecule has 0 bridgehead atoms. The number of benzene rings is 2. The molecule has 2 aromatic carbocycles. The molecule has 0 aliphatic rings. The van der Waals surface area contributed by atoms with Gasteiger partial charge in [-0.2, -0.15) is 0 Å². The number of ether oxygens (including phenoxy) is 1. The predicted molar refractivity (Wildman–Crippen MR) is 112 cm³/mol. The number of carbonyl (C=O) groups is 2. The monoisotopic (exact) mass is 410 g/mol. The summed E-state index contributed by atoms with van der Waals surface area (Å²) in [5.41, 5.74) is 2.83. The van der Waals surface area contributed by atoms with Crippen molar-refractivity contribution in [3.8, 4) is 0 Å². The first-order chi connectivity index (χ1) is 14.0. The van der Waals surface area contributed by atoms with Crippen LogP contribution < -0.4 is 10.6 Å². The minimum Gasteiger partial charge on any atom is -0.364 e. The molecule has 2 N–H and O–H groups in total. The average Bonchev–Trinajstić information content (AvgIpc) is 3.19. The van der Waals surface area contributed by atoms with E-state index in [0.717, 1.165) is 22.5 Å². The number of anilines is 1. The fourth-order valence-corrected chi connectivity index (χ4v) is 3.24. The molecule has 7 nitrogen and oxygen atoms in total. The Hall–Kier alpha value is -3.10. The highest BCUT2D eigenvalue weighted by Crippen LogP contribution is 2.15. The van der Waals surface area contributed by atoms with Crippen LogP contribution in [-0.2, 0) is 16.1 Å². The summed E-state index contributed by atoms with van der Waals surface area (Å²) in [5, 5.41) is 14.3. The number of aromatic nitrogens is 2. The fourth-order valence-electron chi connectivity index (χ4n) is 2.56. The lowest BCUT2D eigenvalue weighted by molar-refractivity contribution is -0.126. The molecule has 0 fully saturated rings. The molecular formula is C21H22N4O3S. The molecule has 0 saturated carbocycles. The number of hydrogen-bond acceptors (Lipinski definition) is 6. The van der Waals surface area contributed by atoms with Gasteiger partial charge in [-0.3, -0.25) is 9.59 Å². The average molecular weight is 410 g/mol. The maximum absolute atomic E-state index is 12.2. The third-order valence-electron chi connectivity index (χ3n) is 4.11. The van der Waals surface area contributed by atoms with Crippen LogP contribution in [0.25, 0.3) is 0 Å². The first kappa shape index (κ1) is 20.6. The molecule has 0 unspecified atom stereocenters. The summed E-state index contributed by atoms with van der Waals surface area (Å²) in [7, 11) is 0. The second-order valence-corrected chi connectivity index (χ2v) is 7.58. The summed E-state index contributed by atoms with van der Waals surface area (Å²) in [6, 6.07) is 17.1. The Balaban J connectivity index is 1.43. The van der Waals surface area contributed by atoms with Gasteiger partial charge in [-0.15, -0.1) is 10.2 Å². The molecule has 0 aliphatic carbocycles. The third kappa shape index (κ3) is 6.20. The summed E-state index contributed by atoms with van der Waals surface area (Å²) in [6.45, 7) is 3.91. The van der Waals surface area contributed by atoms with Gasteiger partial charge in [0, 0.05) is 5.69 Å². The van der Waals surface area contributed by atoms with Crippen LogP contribution in [-0.4, -0.2) is 28.6 Å². The van der Waals surface area contributed by atoms with Crippen molar-refractivity contribution in [3.05, 3.63) is 75.7 Å². The lowest BCUT2D eigenvalue weighted by Gasteiger charge is -2.14. The van der Waals surface area contributed by atoms with Gasteiger partial charge in [-0.1, -0.05) is 59.4 Å². The smallest absolute Gasteiger partial charge is 0.286 e. The van der Waals surface area contributed by atoms with Crippen molar-refractivity contribution >= 4 is 28.8 Å². The number of nitrogens with one attached hydrogen (secondary N) is 2. The Morgan fingerprint density at radius 2 is 1.79 bits per heavy atom. The summed E-state index contributed by atoms with van der Waals surface area (Å²) in [5.74, 6) is -0.546. The van der Waals surface area contributed by atoms with E-state index in [1.54, 1.807) is 0 Å². The predicted octanol–water partition coefficient (Wildman–Crippen LogP) is 3.49. The van der Waals surface area contributed by atoms with E-state index in [0.29, 0.717) is 10.7 Å². The van der Waals surface area contributed by atoms with Crippen LogP contribution in [0, 0.1) is 6.92 Å². The highest BCUT2D eigenvalue weighted by molar-refractivity contribution is 7.13. The lowest BCUT2D eigenvalue weighted by atomic mass is 10.1. The molecule has 1 heterocycles. The molecule has 1 aromatic heterocycles. The maximum atomic E-state index is 12.2. The number of rotatable bonds is 8. The molecule has 0 aliphatic heterocycles. The number of nitrogens with zero attached hydrogens (tertiary/aromatic N) is 2. The van der Waals surface area contributed by atoms with Crippen LogP contribution in [0.3, 0.4) is 0 Å². The van der Waals surface area contributed by atoms with Gasteiger partial charge in [0.15, 0.2) is 0 Å².